The first-order valence-corrected chi connectivity index (χ1v) is 6.63. The molecule has 0 saturated carbocycles. The fourth-order valence-electron chi connectivity index (χ4n) is 2.60. The van der Waals surface area contributed by atoms with E-state index in [1.165, 1.54) is 12.8 Å². The van der Waals surface area contributed by atoms with Crippen LogP contribution >= 0.6 is 0 Å². The summed E-state index contributed by atoms with van der Waals surface area (Å²) in [5, 5.41) is 4.52. The Hall–Kier alpha value is -0.120. The molecule has 0 aliphatic carbocycles. The summed E-state index contributed by atoms with van der Waals surface area (Å²) in [4.78, 5) is 0. The van der Waals surface area contributed by atoms with Crippen LogP contribution in [0.2, 0.25) is 0 Å². The summed E-state index contributed by atoms with van der Waals surface area (Å²) in [6.45, 7) is 9.05. The first kappa shape index (κ1) is 13.9. The standard InChI is InChI=1S/C13H28N2O/c1-7-9-12-14(5)15(6)13(16-12)11(8-2)10(3)4/h10-13H,7-9H2,1-6H3. The van der Waals surface area contributed by atoms with Crippen LogP contribution in [0, 0.1) is 11.8 Å². The van der Waals surface area contributed by atoms with E-state index in [9.17, 15) is 0 Å². The number of ether oxygens (including phenoxy) is 1. The number of hydrogen-bond acceptors (Lipinski definition) is 3. The van der Waals surface area contributed by atoms with E-state index in [1.807, 2.05) is 0 Å². The molecule has 1 saturated heterocycles. The third-order valence-corrected chi connectivity index (χ3v) is 3.81. The maximum atomic E-state index is 6.19. The molecule has 0 radical (unpaired) electrons. The molecule has 1 fully saturated rings. The van der Waals surface area contributed by atoms with Crippen LogP contribution in [0.3, 0.4) is 0 Å². The Balaban J connectivity index is 2.68. The first-order valence-electron chi connectivity index (χ1n) is 6.63. The molecule has 0 aromatic carbocycles. The van der Waals surface area contributed by atoms with Crippen LogP contribution in [-0.2, 0) is 4.74 Å². The highest BCUT2D eigenvalue weighted by molar-refractivity contribution is 4.77. The first-order chi connectivity index (χ1) is 7.52. The Morgan fingerprint density at radius 2 is 1.75 bits per heavy atom. The normalized spacial score (nSPS) is 30.2. The zero-order valence-electron chi connectivity index (χ0n) is 11.7. The molecule has 0 aromatic rings. The molecule has 3 heteroatoms. The molecule has 3 unspecified atom stereocenters. The molecule has 3 nitrogen and oxygen atoms in total. The van der Waals surface area contributed by atoms with Gasteiger partial charge in [0.25, 0.3) is 0 Å². The van der Waals surface area contributed by atoms with Crippen molar-refractivity contribution in [1.82, 2.24) is 10.0 Å². The lowest BCUT2D eigenvalue weighted by Crippen LogP contribution is -2.41. The highest BCUT2D eigenvalue weighted by atomic mass is 16.6. The molecule has 1 aliphatic heterocycles. The topological polar surface area (TPSA) is 15.7 Å². The zero-order valence-corrected chi connectivity index (χ0v) is 11.7. The zero-order chi connectivity index (χ0) is 12.3. The lowest BCUT2D eigenvalue weighted by Gasteiger charge is -2.31. The Kier molecular flexibility index (Phi) is 5.22. The molecular weight excluding hydrogens is 200 g/mol. The second-order valence-electron chi connectivity index (χ2n) is 5.23. The van der Waals surface area contributed by atoms with Gasteiger partial charge in [0.1, 0.15) is 12.5 Å². The predicted molar refractivity (Wildman–Crippen MR) is 67.7 cm³/mol. The van der Waals surface area contributed by atoms with Crippen LogP contribution in [0.25, 0.3) is 0 Å². The smallest absolute Gasteiger partial charge is 0.128 e. The van der Waals surface area contributed by atoms with Gasteiger partial charge in [-0.2, -0.15) is 0 Å². The highest BCUT2D eigenvalue weighted by Crippen LogP contribution is 2.31. The maximum absolute atomic E-state index is 6.19. The summed E-state index contributed by atoms with van der Waals surface area (Å²) < 4.78 is 6.19. The van der Waals surface area contributed by atoms with Crippen molar-refractivity contribution in [2.75, 3.05) is 14.1 Å². The summed E-state index contributed by atoms with van der Waals surface area (Å²) in [7, 11) is 4.28. The molecule has 1 aliphatic rings. The van der Waals surface area contributed by atoms with Gasteiger partial charge < -0.3 is 4.74 Å². The molecule has 0 N–H and O–H groups in total. The van der Waals surface area contributed by atoms with E-state index in [4.69, 9.17) is 4.74 Å². The lowest BCUT2D eigenvalue weighted by atomic mass is 9.91. The van der Waals surface area contributed by atoms with Gasteiger partial charge in [0.05, 0.1) is 0 Å². The van der Waals surface area contributed by atoms with Gasteiger partial charge in [0.2, 0.25) is 0 Å². The molecule has 0 amide bonds. The quantitative estimate of drug-likeness (QED) is 0.719. The van der Waals surface area contributed by atoms with Crippen molar-refractivity contribution in [3.05, 3.63) is 0 Å². The Morgan fingerprint density at radius 3 is 2.19 bits per heavy atom. The van der Waals surface area contributed by atoms with Crippen LogP contribution in [-0.4, -0.2) is 36.6 Å². The minimum absolute atomic E-state index is 0.256. The molecule has 16 heavy (non-hydrogen) atoms. The van der Waals surface area contributed by atoms with Gasteiger partial charge in [-0.05, 0) is 18.8 Å². The van der Waals surface area contributed by atoms with Crippen molar-refractivity contribution in [2.24, 2.45) is 11.8 Å². The third kappa shape index (κ3) is 2.76. The van der Waals surface area contributed by atoms with Crippen LogP contribution in [0.5, 0.6) is 0 Å². The van der Waals surface area contributed by atoms with E-state index >= 15 is 0 Å². The van der Waals surface area contributed by atoms with Gasteiger partial charge in [-0.15, -0.1) is 0 Å². The number of rotatable bonds is 5. The average molecular weight is 228 g/mol. The predicted octanol–water partition coefficient (Wildman–Crippen LogP) is 2.93. The summed E-state index contributed by atoms with van der Waals surface area (Å²) in [5.74, 6) is 1.29. The van der Waals surface area contributed by atoms with Gasteiger partial charge in [0, 0.05) is 20.0 Å². The molecular formula is C13H28N2O. The van der Waals surface area contributed by atoms with Crippen molar-refractivity contribution in [3.8, 4) is 0 Å². The van der Waals surface area contributed by atoms with Crippen LogP contribution < -0.4 is 0 Å². The second-order valence-corrected chi connectivity index (χ2v) is 5.23. The van der Waals surface area contributed by atoms with Crippen LogP contribution in [0.4, 0.5) is 0 Å². The van der Waals surface area contributed by atoms with Crippen molar-refractivity contribution >= 4 is 0 Å². The summed E-state index contributed by atoms with van der Waals surface area (Å²) in [5.41, 5.74) is 0. The summed E-state index contributed by atoms with van der Waals surface area (Å²) in [6, 6.07) is 0. The Morgan fingerprint density at radius 1 is 1.12 bits per heavy atom. The monoisotopic (exact) mass is 228 g/mol. The van der Waals surface area contributed by atoms with Crippen LogP contribution in [0.1, 0.15) is 47.0 Å². The molecule has 0 spiro atoms. The third-order valence-electron chi connectivity index (χ3n) is 3.81. The second kappa shape index (κ2) is 5.99. The number of hydrogen-bond donors (Lipinski definition) is 0. The van der Waals surface area contributed by atoms with E-state index in [2.05, 4.69) is 51.8 Å². The van der Waals surface area contributed by atoms with E-state index in [0.717, 1.165) is 6.42 Å². The highest BCUT2D eigenvalue weighted by Gasteiger charge is 2.39. The largest absolute Gasteiger partial charge is 0.342 e. The van der Waals surface area contributed by atoms with Gasteiger partial charge in [-0.3, -0.25) is 0 Å². The van der Waals surface area contributed by atoms with Crippen molar-refractivity contribution in [2.45, 2.75) is 59.4 Å². The summed E-state index contributed by atoms with van der Waals surface area (Å²) >= 11 is 0. The minimum atomic E-state index is 0.256. The van der Waals surface area contributed by atoms with Gasteiger partial charge in [0.15, 0.2) is 0 Å². The Labute approximate surface area is 101 Å². The van der Waals surface area contributed by atoms with Gasteiger partial charge >= 0.3 is 0 Å². The Bertz CT molecular complexity index is 208. The van der Waals surface area contributed by atoms with E-state index in [0.29, 0.717) is 11.8 Å². The SMILES string of the molecule is CCCC1OC(C(CC)C(C)C)N(C)N1C. The summed E-state index contributed by atoms with van der Waals surface area (Å²) in [6.07, 6.45) is 4.00. The van der Waals surface area contributed by atoms with Crippen molar-refractivity contribution in [3.63, 3.8) is 0 Å². The molecule has 1 rings (SSSR count). The molecule has 1 heterocycles. The van der Waals surface area contributed by atoms with Gasteiger partial charge in [-0.25, -0.2) is 10.0 Å². The fourth-order valence-corrected chi connectivity index (χ4v) is 2.60. The lowest BCUT2D eigenvalue weighted by molar-refractivity contribution is -0.0496. The number of nitrogens with zero attached hydrogens (tertiary/aromatic N) is 2. The molecule has 3 atom stereocenters. The molecule has 96 valence electrons. The van der Waals surface area contributed by atoms with Gasteiger partial charge in [-0.1, -0.05) is 34.1 Å². The van der Waals surface area contributed by atoms with E-state index in [1.54, 1.807) is 0 Å². The van der Waals surface area contributed by atoms with Crippen LogP contribution in [0.15, 0.2) is 0 Å². The molecule has 0 aromatic heterocycles. The maximum Gasteiger partial charge on any atom is 0.128 e. The van der Waals surface area contributed by atoms with Crippen molar-refractivity contribution < 1.29 is 4.74 Å². The minimum Gasteiger partial charge on any atom is -0.342 e. The fraction of sp³-hybridized carbons (Fsp3) is 1.00. The van der Waals surface area contributed by atoms with E-state index in [-0.39, 0.29) is 12.5 Å². The number of hydrazine groups is 1. The molecule has 0 bridgehead atoms. The van der Waals surface area contributed by atoms with Crippen molar-refractivity contribution in [1.29, 1.82) is 0 Å². The average Bonchev–Trinajstić information content (AvgIpc) is 2.48. The van der Waals surface area contributed by atoms with E-state index < -0.39 is 0 Å².